The van der Waals surface area contributed by atoms with Gasteiger partial charge in [-0.2, -0.15) is 4.98 Å². The van der Waals surface area contributed by atoms with Gasteiger partial charge < -0.3 is 4.52 Å². The summed E-state index contributed by atoms with van der Waals surface area (Å²) in [5, 5.41) is 4.17. The molecule has 0 bridgehead atoms. The minimum absolute atomic E-state index is 0.147. The molecule has 0 aliphatic heterocycles. The third-order valence-electron chi connectivity index (χ3n) is 2.79. The van der Waals surface area contributed by atoms with Gasteiger partial charge in [0.2, 0.25) is 5.89 Å². The van der Waals surface area contributed by atoms with E-state index in [-0.39, 0.29) is 22.7 Å². The highest BCUT2D eigenvalue weighted by Gasteiger charge is 2.24. The van der Waals surface area contributed by atoms with E-state index < -0.39 is 9.84 Å². The first-order valence-electron chi connectivity index (χ1n) is 6.44. The maximum Gasteiger partial charge on any atom is 0.232 e. The Kier molecular flexibility index (Phi) is 4.39. The van der Waals surface area contributed by atoms with E-state index in [0.717, 1.165) is 0 Å². The molecule has 0 saturated heterocycles. The Labute approximate surface area is 129 Å². The summed E-state index contributed by atoms with van der Waals surface area (Å²) >= 11 is 5.98. The van der Waals surface area contributed by atoms with Crippen molar-refractivity contribution < 1.29 is 12.9 Å². The number of hydrogen-bond donors (Lipinski definition) is 0. The number of nitrogens with zero attached hydrogens (tertiary/aromatic N) is 2. The Morgan fingerprint density at radius 2 is 1.86 bits per heavy atom. The second-order valence-electron chi connectivity index (χ2n) is 5.89. The van der Waals surface area contributed by atoms with Crippen molar-refractivity contribution >= 4 is 21.4 Å². The minimum Gasteiger partial charge on any atom is -0.339 e. The molecular formula is C14H17ClN2O3S. The molecule has 21 heavy (non-hydrogen) atoms. The molecule has 0 fully saturated rings. The average Bonchev–Trinajstić information content (AvgIpc) is 2.79. The third-order valence-corrected chi connectivity index (χ3v) is 4.61. The fourth-order valence-electron chi connectivity index (χ4n) is 1.72. The van der Waals surface area contributed by atoms with Crippen molar-refractivity contribution in [1.29, 1.82) is 0 Å². The van der Waals surface area contributed by atoms with Gasteiger partial charge in [0.15, 0.2) is 15.7 Å². The molecule has 0 aliphatic carbocycles. The molecule has 0 N–H and O–H groups in total. The lowest BCUT2D eigenvalue weighted by Crippen LogP contribution is -2.12. The van der Waals surface area contributed by atoms with Crippen LogP contribution >= 0.6 is 11.6 Å². The van der Waals surface area contributed by atoms with E-state index in [1.165, 1.54) is 0 Å². The molecule has 2 aromatic rings. The molecule has 1 heterocycles. The summed E-state index contributed by atoms with van der Waals surface area (Å²) in [7, 11) is -3.41. The van der Waals surface area contributed by atoms with Crippen molar-refractivity contribution in [2.24, 2.45) is 0 Å². The van der Waals surface area contributed by atoms with E-state index in [2.05, 4.69) is 10.1 Å². The van der Waals surface area contributed by atoms with Gasteiger partial charge in [-0.3, -0.25) is 0 Å². The molecule has 1 aromatic heterocycles. The molecule has 114 valence electrons. The Morgan fingerprint density at radius 3 is 2.43 bits per heavy atom. The second kappa shape index (κ2) is 5.77. The molecule has 0 atom stereocenters. The zero-order valence-corrected chi connectivity index (χ0v) is 13.7. The van der Waals surface area contributed by atoms with Crippen LogP contribution in [0.4, 0.5) is 0 Å². The number of halogens is 1. The van der Waals surface area contributed by atoms with Crippen LogP contribution in [0.25, 0.3) is 0 Å². The van der Waals surface area contributed by atoms with Crippen molar-refractivity contribution in [3.05, 3.63) is 46.6 Å². The summed E-state index contributed by atoms with van der Waals surface area (Å²) in [6, 6.07) is 6.87. The molecule has 0 spiro atoms. The Hall–Kier alpha value is -1.40. The largest absolute Gasteiger partial charge is 0.339 e. The molecular weight excluding hydrogens is 312 g/mol. The van der Waals surface area contributed by atoms with E-state index in [4.69, 9.17) is 16.1 Å². The number of hydrogen-bond acceptors (Lipinski definition) is 5. The SMILES string of the molecule is CC(C)(C)c1nc(CS(=O)(=O)Cc2ccccc2Cl)no1. The van der Waals surface area contributed by atoms with Crippen molar-refractivity contribution in [1.82, 2.24) is 10.1 Å². The summed E-state index contributed by atoms with van der Waals surface area (Å²) in [6.07, 6.45) is 0. The van der Waals surface area contributed by atoms with E-state index in [0.29, 0.717) is 16.5 Å². The topological polar surface area (TPSA) is 73.1 Å². The quantitative estimate of drug-likeness (QED) is 0.862. The average molecular weight is 329 g/mol. The van der Waals surface area contributed by atoms with Gasteiger partial charge in [-0.15, -0.1) is 0 Å². The van der Waals surface area contributed by atoms with Gasteiger partial charge in [0.05, 0.1) is 5.75 Å². The van der Waals surface area contributed by atoms with Crippen molar-refractivity contribution in [2.75, 3.05) is 0 Å². The molecule has 0 aliphatic rings. The molecule has 7 heteroatoms. The van der Waals surface area contributed by atoms with Crippen LogP contribution in [0.15, 0.2) is 28.8 Å². The number of rotatable bonds is 4. The van der Waals surface area contributed by atoms with E-state index >= 15 is 0 Å². The van der Waals surface area contributed by atoms with Gasteiger partial charge in [-0.05, 0) is 11.6 Å². The van der Waals surface area contributed by atoms with Gasteiger partial charge in [-0.1, -0.05) is 55.7 Å². The minimum atomic E-state index is -3.41. The summed E-state index contributed by atoms with van der Waals surface area (Å²) in [5.74, 6) is 0.182. The van der Waals surface area contributed by atoms with Crippen molar-refractivity contribution in [3.8, 4) is 0 Å². The zero-order chi connectivity index (χ0) is 15.7. The summed E-state index contributed by atoms with van der Waals surface area (Å²) in [5.41, 5.74) is 0.260. The predicted octanol–water partition coefficient (Wildman–Crippen LogP) is 3.14. The van der Waals surface area contributed by atoms with E-state index in [1.54, 1.807) is 24.3 Å². The monoisotopic (exact) mass is 328 g/mol. The molecule has 0 unspecified atom stereocenters. The van der Waals surface area contributed by atoms with Crippen molar-refractivity contribution in [3.63, 3.8) is 0 Å². The second-order valence-corrected chi connectivity index (χ2v) is 8.36. The lowest BCUT2D eigenvalue weighted by Gasteiger charge is -2.10. The summed E-state index contributed by atoms with van der Waals surface area (Å²) in [4.78, 5) is 4.14. The number of aromatic nitrogens is 2. The van der Waals surface area contributed by atoms with E-state index in [9.17, 15) is 8.42 Å². The smallest absolute Gasteiger partial charge is 0.232 e. The molecule has 2 rings (SSSR count). The van der Waals surface area contributed by atoms with E-state index in [1.807, 2.05) is 20.8 Å². The van der Waals surface area contributed by atoms with Gasteiger partial charge in [-0.25, -0.2) is 8.42 Å². The maximum absolute atomic E-state index is 12.2. The maximum atomic E-state index is 12.2. The van der Waals surface area contributed by atoms with Crippen LogP contribution in [-0.4, -0.2) is 18.6 Å². The van der Waals surface area contributed by atoms with Crippen LogP contribution in [-0.2, 0) is 26.8 Å². The standard InChI is InChI=1S/C14H17ClN2O3S/c1-14(2,3)13-16-12(17-20-13)9-21(18,19)8-10-6-4-5-7-11(10)15/h4-7H,8-9H2,1-3H3. The first kappa shape index (κ1) is 16.0. The molecule has 0 saturated carbocycles. The molecule has 0 radical (unpaired) electrons. The normalized spacial score (nSPS) is 12.6. The molecule has 1 aromatic carbocycles. The Balaban J connectivity index is 2.15. The highest BCUT2D eigenvalue weighted by atomic mass is 35.5. The summed E-state index contributed by atoms with van der Waals surface area (Å²) < 4.78 is 29.5. The lowest BCUT2D eigenvalue weighted by molar-refractivity contribution is 0.319. The fraction of sp³-hybridized carbons (Fsp3) is 0.429. The van der Waals surface area contributed by atoms with Crippen LogP contribution < -0.4 is 0 Å². The molecule has 0 amide bonds. The van der Waals surface area contributed by atoms with Crippen LogP contribution in [0, 0.1) is 0 Å². The first-order chi connectivity index (χ1) is 9.67. The number of sulfone groups is 1. The highest BCUT2D eigenvalue weighted by Crippen LogP contribution is 2.22. The Morgan fingerprint density at radius 1 is 1.19 bits per heavy atom. The highest BCUT2D eigenvalue weighted by molar-refractivity contribution is 7.89. The summed E-state index contributed by atoms with van der Waals surface area (Å²) in [6.45, 7) is 5.76. The molecule has 5 nitrogen and oxygen atoms in total. The van der Waals surface area contributed by atoms with Crippen LogP contribution in [0.3, 0.4) is 0 Å². The Bertz CT molecular complexity index is 733. The van der Waals surface area contributed by atoms with Gasteiger partial charge in [0.1, 0.15) is 5.75 Å². The lowest BCUT2D eigenvalue weighted by atomic mass is 9.97. The van der Waals surface area contributed by atoms with Crippen LogP contribution in [0.5, 0.6) is 0 Å². The van der Waals surface area contributed by atoms with Crippen LogP contribution in [0.1, 0.15) is 38.0 Å². The van der Waals surface area contributed by atoms with Gasteiger partial charge >= 0.3 is 0 Å². The van der Waals surface area contributed by atoms with Crippen LogP contribution in [0.2, 0.25) is 5.02 Å². The van der Waals surface area contributed by atoms with Crippen molar-refractivity contribution in [2.45, 2.75) is 37.7 Å². The van der Waals surface area contributed by atoms with Gasteiger partial charge in [0, 0.05) is 10.4 Å². The van der Waals surface area contributed by atoms with Gasteiger partial charge in [0.25, 0.3) is 0 Å². The zero-order valence-electron chi connectivity index (χ0n) is 12.1. The first-order valence-corrected chi connectivity index (χ1v) is 8.64. The fourth-order valence-corrected chi connectivity index (χ4v) is 3.34. The predicted molar refractivity (Wildman–Crippen MR) is 80.8 cm³/mol. The number of benzene rings is 1. The third kappa shape index (κ3) is 4.28.